The highest BCUT2D eigenvalue weighted by Crippen LogP contribution is 2.19. The molecule has 1 heterocycles. The van der Waals surface area contributed by atoms with Crippen LogP contribution in [-0.2, 0) is 6.54 Å². The third-order valence-electron chi connectivity index (χ3n) is 2.58. The topological polar surface area (TPSA) is 42.1 Å². The quantitative estimate of drug-likeness (QED) is 0.833. The zero-order chi connectivity index (χ0) is 12.0. The van der Waals surface area contributed by atoms with E-state index in [-0.39, 0.29) is 0 Å². The lowest BCUT2D eigenvalue weighted by atomic mass is 10.3. The number of hydrogen-bond donors (Lipinski definition) is 1. The van der Waals surface area contributed by atoms with Crippen molar-refractivity contribution in [2.45, 2.75) is 33.2 Å². The molecule has 0 aliphatic rings. The average Bonchev–Trinajstić information content (AvgIpc) is 2.32. The Hall–Kier alpha value is -0.800. The van der Waals surface area contributed by atoms with Crippen LogP contribution in [-0.4, -0.2) is 18.1 Å². The Bertz CT molecular complexity index is 328. The maximum atomic E-state index is 5.99. The van der Waals surface area contributed by atoms with Gasteiger partial charge in [-0.15, -0.1) is 0 Å². The van der Waals surface area contributed by atoms with Crippen LogP contribution in [0.3, 0.4) is 0 Å². The van der Waals surface area contributed by atoms with Crippen molar-refractivity contribution >= 4 is 17.4 Å². The summed E-state index contributed by atoms with van der Waals surface area (Å²) in [6.45, 7) is 6.70. The van der Waals surface area contributed by atoms with Gasteiger partial charge in [-0.25, -0.2) is 4.98 Å². The van der Waals surface area contributed by atoms with E-state index in [0.29, 0.717) is 11.6 Å². The van der Waals surface area contributed by atoms with Gasteiger partial charge in [0.25, 0.3) is 0 Å². The van der Waals surface area contributed by atoms with Gasteiger partial charge < -0.3 is 10.6 Å². The summed E-state index contributed by atoms with van der Waals surface area (Å²) in [7, 11) is 0. The molecule has 16 heavy (non-hydrogen) atoms. The number of anilines is 1. The van der Waals surface area contributed by atoms with Crippen LogP contribution in [0.5, 0.6) is 0 Å². The van der Waals surface area contributed by atoms with Crippen molar-refractivity contribution in [3.63, 3.8) is 0 Å². The van der Waals surface area contributed by atoms with Crippen molar-refractivity contribution in [3.8, 4) is 0 Å². The second-order valence-electron chi connectivity index (χ2n) is 3.74. The van der Waals surface area contributed by atoms with Gasteiger partial charge in [0.05, 0.1) is 10.7 Å². The van der Waals surface area contributed by atoms with Crippen molar-refractivity contribution < 1.29 is 0 Å². The first-order chi connectivity index (χ1) is 7.72. The SMILES string of the molecule is CCCCN(CC)c1ccc(Cl)c(CN)n1. The minimum absolute atomic E-state index is 0.387. The molecular weight excluding hydrogens is 222 g/mol. The van der Waals surface area contributed by atoms with Gasteiger partial charge in [0, 0.05) is 19.6 Å². The van der Waals surface area contributed by atoms with Crippen LogP contribution >= 0.6 is 11.6 Å². The second kappa shape index (κ2) is 6.71. The lowest BCUT2D eigenvalue weighted by molar-refractivity contribution is 0.721. The molecule has 0 unspecified atom stereocenters. The van der Waals surface area contributed by atoms with Crippen LogP contribution in [0.15, 0.2) is 12.1 Å². The molecule has 2 N–H and O–H groups in total. The Labute approximate surface area is 103 Å². The third-order valence-corrected chi connectivity index (χ3v) is 2.93. The van der Waals surface area contributed by atoms with Gasteiger partial charge >= 0.3 is 0 Å². The summed E-state index contributed by atoms with van der Waals surface area (Å²) in [4.78, 5) is 6.73. The van der Waals surface area contributed by atoms with Crippen LogP contribution in [0, 0.1) is 0 Å². The highest BCUT2D eigenvalue weighted by Gasteiger charge is 2.07. The number of hydrogen-bond acceptors (Lipinski definition) is 3. The molecular formula is C12H20ClN3. The van der Waals surface area contributed by atoms with Crippen LogP contribution < -0.4 is 10.6 Å². The molecule has 0 spiro atoms. The zero-order valence-electron chi connectivity index (χ0n) is 10.0. The number of rotatable bonds is 6. The summed E-state index contributed by atoms with van der Waals surface area (Å²) >= 11 is 5.99. The number of aromatic nitrogens is 1. The average molecular weight is 242 g/mol. The molecule has 0 aliphatic carbocycles. The smallest absolute Gasteiger partial charge is 0.128 e. The highest BCUT2D eigenvalue weighted by molar-refractivity contribution is 6.31. The van der Waals surface area contributed by atoms with E-state index in [0.717, 1.165) is 24.6 Å². The number of unbranched alkanes of at least 4 members (excludes halogenated alkanes) is 1. The fourth-order valence-corrected chi connectivity index (χ4v) is 1.76. The Kier molecular flexibility index (Phi) is 5.56. The summed E-state index contributed by atoms with van der Waals surface area (Å²) in [6.07, 6.45) is 2.37. The normalized spacial score (nSPS) is 10.5. The van der Waals surface area contributed by atoms with E-state index in [1.165, 1.54) is 12.8 Å². The van der Waals surface area contributed by atoms with Gasteiger partial charge in [-0.2, -0.15) is 0 Å². The third kappa shape index (κ3) is 3.35. The van der Waals surface area contributed by atoms with Crippen molar-refractivity contribution in [2.75, 3.05) is 18.0 Å². The van der Waals surface area contributed by atoms with E-state index in [1.807, 2.05) is 12.1 Å². The number of pyridine rings is 1. The van der Waals surface area contributed by atoms with Crippen LogP contribution in [0.1, 0.15) is 32.4 Å². The minimum atomic E-state index is 0.387. The van der Waals surface area contributed by atoms with Gasteiger partial charge in [0.1, 0.15) is 5.82 Å². The van der Waals surface area contributed by atoms with E-state index in [2.05, 4.69) is 23.7 Å². The van der Waals surface area contributed by atoms with Gasteiger partial charge in [0.2, 0.25) is 0 Å². The van der Waals surface area contributed by atoms with Gasteiger partial charge in [0.15, 0.2) is 0 Å². The lowest BCUT2D eigenvalue weighted by Crippen LogP contribution is -2.25. The van der Waals surface area contributed by atoms with E-state index >= 15 is 0 Å². The number of nitrogens with two attached hydrogens (primary N) is 1. The maximum absolute atomic E-state index is 5.99. The van der Waals surface area contributed by atoms with Crippen molar-refractivity contribution in [3.05, 3.63) is 22.8 Å². The van der Waals surface area contributed by atoms with E-state index in [4.69, 9.17) is 17.3 Å². The maximum Gasteiger partial charge on any atom is 0.128 e. The van der Waals surface area contributed by atoms with Gasteiger partial charge in [-0.3, -0.25) is 0 Å². The molecule has 0 saturated heterocycles. The molecule has 1 aromatic rings. The second-order valence-corrected chi connectivity index (χ2v) is 4.14. The molecule has 0 atom stereocenters. The number of halogens is 1. The molecule has 0 aliphatic heterocycles. The fraction of sp³-hybridized carbons (Fsp3) is 0.583. The Morgan fingerprint density at radius 3 is 2.69 bits per heavy atom. The van der Waals surface area contributed by atoms with Crippen molar-refractivity contribution in [1.82, 2.24) is 4.98 Å². The lowest BCUT2D eigenvalue weighted by Gasteiger charge is -2.22. The Morgan fingerprint density at radius 2 is 2.12 bits per heavy atom. The standard InChI is InChI=1S/C12H20ClN3/c1-3-5-8-16(4-2)12-7-6-10(13)11(9-14)15-12/h6-7H,3-5,8-9,14H2,1-2H3. The van der Waals surface area contributed by atoms with Crippen LogP contribution in [0.2, 0.25) is 5.02 Å². The summed E-state index contributed by atoms with van der Waals surface area (Å²) in [6, 6.07) is 3.83. The predicted molar refractivity (Wildman–Crippen MR) is 69.9 cm³/mol. The largest absolute Gasteiger partial charge is 0.357 e. The van der Waals surface area contributed by atoms with E-state index in [1.54, 1.807) is 0 Å². The molecule has 1 aromatic heterocycles. The molecule has 4 heteroatoms. The Balaban J connectivity index is 2.83. The zero-order valence-corrected chi connectivity index (χ0v) is 10.8. The monoisotopic (exact) mass is 241 g/mol. The van der Waals surface area contributed by atoms with Crippen molar-refractivity contribution in [2.24, 2.45) is 5.73 Å². The summed E-state index contributed by atoms with van der Waals surface area (Å²) in [5.74, 6) is 0.973. The molecule has 3 nitrogen and oxygen atoms in total. The summed E-state index contributed by atoms with van der Waals surface area (Å²) in [5, 5.41) is 0.651. The van der Waals surface area contributed by atoms with Crippen LogP contribution in [0.4, 0.5) is 5.82 Å². The summed E-state index contributed by atoms with van der Waals surface area (Å²) < 4.78 is 0. The van der Waals surface area contributed by atoms with E-state index in [9.17, 15) is 0 Å². The highest BCUT2D eigenvalue weighted by atomic mass is 35.5. The summed E-state index contributed by atoms with van der Waals surface area (Å²) in [5.41, 5.74) is 6.37. The van der Waals surface area contributed by atoms with E-state index < -0.39 is 0 Å². The molecule has 0 saturated carbocycles. The number of nitrogens with zero attached hydrogens (tertiary/aromatic N) is 2. The predicted octanol–water partition coefficient (Wildman–Crippen LogP) is 2.82. The first kappa shape index (κ1) is 13.3. The molecule has 0 bridgehead atoms. The van der Waals surface area contributed by atoms with Gasteiger partial charge in [-0.05, 0) is 25.5 Å². The minimum Gasteiger partial charge on any atom is -0.357 e. The molecule has 1 rings (SSSR count). The molecule has 0 aromatic carbocycles. The first-order valence-corrected chi connectivity index (χ1v) is 6.21. The molecule has 0 radical (unpaired) electrons. The molecule has 0 amide bonds. The Morgan fingerprint density at radius 1 is 1.38 bits per heavy atom. The molecule has 0 fully saturated rings. The van der Waals surface area contributed by atoms with Gasteiger partial charge in [-0.1, -0.05) is 24.9 Å². The first-order valence-electron chi connectivity index (χ1n) is 5.83. The van der Waals surface area contributed by atoms with Crippen molar-refractivity contribution in [1.29, 1.82) is 0 Å². The van der Waals surface area contributed by atoms with Crippen LogP contribution in [0.25, 0.3) is 0 Å². The molecule has 90 valence electrons. The fourth-order valence-electron chi connectivity index (χ4n) is 1.58.